The largest absolute Gasteiger partial charge is 0.386 e. The van der Waals surface area contributed by atoms with E-state index in [9.17, 15) is 19.8 Å². The summed E-state index contributed by atoms with van der Waals surface area (Å²) in [4.78, 5) is 32.5. The maximum Gasteiger partial charge on any atom is 0.351 e. The lowest BCUT2D eigenvalue weighted by Crippen LogP contribution is -2.35. The fourth-order valence-corrected chi connectivity index (χ4v) is 5.67. The van der Waals surface area contributed by atoms with Crippen LogP contribution in [0.5, 0.6) is 0 Å². The third-order valence-corrected chi connectivity index (χ3v) is 7.47. The highest BCUT2D eigenvalue weighted by atomic mass is 16.5. The van der Waals surface area contributed by atoms with Gasteiger partial charge in [-0.25, -0.2) is 19.0 Å². The molecule has 7 heterocycles. The standard InChI is InChI=1S/C22H24N12O6/c23-13-1-3-31(21(37)25-13)19-17(35)15-11(39-19)5-9-8-34(30-27-9)16-12(6-10-7-33(15)29-28-10)40-20(18(16)36)32-4-2-14(24)26-22(32)38/h1-4,7-8,11-12,15-20,35-36H,5-6H2,(H2,23,25,37)(H2,24,26,38)/t11-,12-,15-,16-,17-,18-,19-,20-/m1/s1. The summed E-state index contributed by atoms with van der Waals surface area (Å²) in [5, 5.41) is 39.6. The SMILES string of the molecule is Nc1ccn([C@@H]2O[C@@H]3Cc4cn(nn4)[C@H]4[C@@H](O)[C@H](n5ccc(N)nc5=O)O[C@@H]4Cc4cn(nn4)[C@H]3[C@H]2O)c(=O)n1. The van der Waals surface area contributed by atoms with Crippen LogP contribution in [0.1, 0.15) is 35.9 Å². The van der Waals surface area contributed by atoms with Gasteiger partial charge in [-0.15, -0.1) is 10.2 Å². The number of aliphatic hydroxyl groups is 2. The van der Waals surface area contributed by atoms with E-state index in [4.69, 9.17) is 20.9 Å². The average Bonchev–Trinajstić information content (AvgIpc) is 3.67. The first-order valence-corrected chi connectivity index (χ1v) is 12.4. The molecule has 18 nitrogen and oxygen atoms in total. The Morgan fingerprint density at radius 2 is 1.18 bits per heavy atom. The van der Waals surface area contributed by atoms with Crippen LogP contribution in [0.2, 0.25) is 0 Å². The summed E-state index contributed by atoms with van der Waals surface area (Å²) in [6.07, 6.45) is 0.576. The van der Waals surface area contributed by atoms with Crippen molar-refractivity contribution >= 4 is 11.6 Å². The third kappa shape index (κ3) is 3.87. The molecule has 18 heteroatoms. The van der Waals surface area contributed by atoms with Crippen LogP contribution in [-0.2, 0) is 22.3 Å². The van der Waals surface area contributed by atoms with E-state index in [-0.39, 0.29) is 24.5 Å². The maximum absolute atomic E-state index is 12.5. The summed E-state index contributed by atoms with van der Waals surface area (Å²) in [5.41, 5.74) is 10.9. The maximum atomic E-state index is 12.5. The van der Waals surface area contributed by atoms with Gasteiger partial charge in [0.2, 0.25) is 0 Å². The normalized spacial score (nSPS) is 31.2. The van der Waals surface area contributed by atoms with E-state index in [2.05, 4.69) is 30.6 Å². The van der Waals surface area contributed by atoms with Crippen LogP contribution in [0.15, 0.2) is 46.5 Å². The molecule has 7 rings (SSSR count). The van der Waals surface area contributed by atoms with Crippen LogP contribution in [0.4, 0.5) is 11.6 Å². The number of nitrogens with zero attached hydrogens (tertiary/aromatic N) is 10. The number of nitrogens with two attached hydrogens (primary N) is 2. The highest BCUT2D eigenvalue weighted by molar-refractivity contribution is 5.24. The molecule has 40 heavy (non-hydrogen) atoms. The second kappa shape index (κ2) is 9.01. The van der Waals surface area contributed by atoms with Crippen molar-refractivity contribution in [3.63, 3.8) is 0 Å². The highest BCUT2D eigenvalue weighted by Gasteiger charge is 2.50. The summed E-state index contributed by atoms with van der Waals surface area (Å²) in [7, 11) is 0. The van der Waals surface area contributed by atoms with Crippen molar-refractivity contribution < 1.29 is 19.7 Å². The Balaban J connectivity index is 1.26. The van der Waals surface area contributed by atoms with Crippen molar-refractivity contribution in [2.24, 2.45) is 0 Å². The second-order valence-electron chi connectivity index (χ2n) is 9.97. The first-order chi connectivity index (χ1) is 19.3. The van der Waals surface area contributed by atoms with Gasteiger partial charge in [0.25, 0.3) is 0 Å². The monoisotopic (exact) mass is 552 g/mol. The molecule has 6 N–H and O–H groups in total. The van der Waals surface area contributed by atoms with Gasteiger partial charge in [0.15, 0.2) is 12.5 Å². The number of ether oxygens (including phenoxy) is 2. The quantitative estimate of drug-likeness (QED) is 0.193. The number of rotatable bonds is 2. The number of aliphatic hydroxyl groups excluding tert-OH is 2. The number of aromatic nitrogens is 10. The lowest BCUT2D eigenvalue weighted by molar-refractivity contribution is -0.0395. The molecule has 4 aromatic heterocycles. The zero-order valence-corrected chi connectivity index (χ0v) is 20.7. The van der Waals surface area contributed by atoms with Crippen molar-refractivity contribution in [2.45, 2.75) is 61.8 Å². The lowest BCUT2D eigenvalue weighted by Gasteiger charge is -2.21. The van der Waals surface area contributed by atoms with Gasteiger partial charge in [-0.3, -0.25) is 9.13 Å². The van der Waals surface area contributed by atoms with Crippen molar-refractivity contribution in [3.8, 4) is 0 Å². The third-order valence-electron chi connectivity index (χ3n) is 7.47. The topological polar surface area (TPSA) is 242 Å². The van der Waals surface area contributed by atoms with Crippen molar-refractivity contribution in [1.29, 1.82) is 0 Å². The van der Waals surface area contributed by atoms with Gasteiger partial charge in [-0.1, -0.05) is 10.4 Å². The fraction of sp³-hybridized carbons (Fsp3) is 0.455. The minimum atomic E-state index is -1.20. The zero-order valence-electron chi connectivity index (χ0n) is 20.7. The number of hydrogen-bond acceptors (Lipinski definition) is 14. The van der Waals surface area contributed by atoms with Gasteiger partial charge in [0, 0.05) is 37.6 Å². The van der Waals surface area contributed by atoms with E-state index < -0.39 is 60.3 Å². The van der Waals surface area contributed by atoms with E-state index in [1.54, 1.807) is 12.4 Å². The van der Waals surface area contributed by atoms with Gasteiger partial charge >= 0.3 is 11.4 Å². The number of fused-ring (bicyclic) bond motifs is 8. The molecule has 0 spiro atoms. The first kappa shape index (κ1) is 24.5. The predicted molar refractivity (Wildman–Crippen MR) is 131 cm³/mol. The molecular formula is C22H24N12O6. The summed E-state index contributed by atoms with van der Waals surface area (Å²) < 4.78 is 17.6. The molecule has 3 aliphatic heterocycles. The van der Waals surface area contributed by atoms with Gasteiger partial charge in [-0.2, -0.15) is 9.97 Å². The Labute approximate surface area is 223 Å². The van der Waals surface area contributed by atoms with Gasteiger partial charge < -0.3 is 31.2 Å². The summed E-state index contributed by atoms with van der Waals surface area (Å²) >= 11 is 0. The highest BCUT2D eigenvalue weighted by Crippen LogP contribution is 2.41. The Morgan fingerprint density at radius 1 is 0.750 bits per heavy atom. The predicted octanol–water partition coefficient (Wildman–Crippen LogP) is -3.05. The second-order valence-corrected chi connectivity index (χ2v) is 9.97. The molecule has 2 saturated heterocycles. The van der Waals surface area contributed by atoms with E-state index >= 15 is 0 Å². The molecular weight excluding hydrogens is 528 g/mol. The van der Waals surface area contributed by atoms with Gasteiger partial charge in [0.05, 0.1) is 23.6 Å². The molecule has 0 aliphatic carbocycles. The van der Waals surface area contributed by atoms with Crippen LogP contribution in [0.25, 0.3) is 0 Å². The van der Waals surface area contributed by atoms with Crippen molar-refractivity contribution in [3.05, 3.63) is 69.3 Å². The Hall–Kier alpha value is -4.52. The lowest BCUT2D eigenvalue weighted by atomic mass is 10.0. The summed E-state index contributed by atoms with van der Waals surface area (Å²) in [6.45, 7) is 0. The van der Waals surface area contributed by atoms with Crippen LogP contribution in [0, 0.1) is 0 Å². The zero-order chi connectivity index (χ0) is 27.7. The number of nitrogen functional groups attached to an aromatic ring is 2. The first-order valence-electron chi connectivity index (χ1n) is 12.4. The number of hydrogen-bond donors (Lipinski definition) is 4. The van der Waals surface area contributed by atoms with Crippen LogP contribution < -0.4 is 22.8 Å². The van der Waals surface area contributed by atoms with Gasteiger partial charge in [-0.05, 0) is 12.1 Å². The Morgan fingerprint density at radius 3 is 1.57 bits per heavy atom. The average molecular weight is 553 g/mol. The molecule has 2 fully saturated rings. The van der Waals surface area contributed by atoms with Crippen molar-refractivity contribution in [1.82, 2.24) is 49.1 Å². The van der Waals surface area contributed by atoms with E-state index in [0.717, 1.165) is 0 Å². The summed E-state index contributed by atoms with van der Waals surface area (Å²) in [6, 6.07) is 1.40. The van der Waals surface area contributed by atoms with Crippen molar-refractivity contribution in [2.75, 3.05) is 11.5 Å². The molecule has 208 valence electrons. The molecule has 0 unspecified atom stereocenters. The van der Waals surface area contributed by atoms with Crippen LogP contribution in [0.3, 0.4) is 0 Å². The van der Waals surface area contributed by atoms with Gasteiger partial charge in [0.1, 0.15) is 35.9 Å². The molecule has 0 saturated carbocycles. The summed E-state index contributed by atoms with van der Waals surface area (Å²) in [5.74, 6) is 0.0972. The Kier molecular flexibility index (Phi) is 5.52. The Bertz CT molecular complexity index is 1570. The molecule has 0 aromatic carbocycles. The van der Waals surface area contributed by atoms with E-state index in [0.29, 0.717) is 11.4 Å². The van der Waals surface area contributed by atoms with Crippen LogP contribution >= 0.6 is 0 Å². The van der Waals surface area contributed by atoms with E-state index in [1.807, 2.05) is 0 Å². The molecule has 4 aromatic rings. The smallest absolute Gasteiger partial charge is 0.351 e. The molecule has 0 radical (unpaired) electrons. The minimum absolute atomic E-state index is 0.0486. The molecule has 3 aliphatic rings. The molecule has 0 amide bonds. The fourth-order valence-electron chi connectivity index (χ4n) is 5.67. The van der Waals surface area contributed by atoms with E-state index in [1.165, 1.54) is 43.0 Å². The molecule has 8 atom stereocenters. The number of anilines is 2. The molecule has 4 bridgehead atoms. The van der Waals surface area contributed by atoms with Crippen LogP contribution in [-0.4, -0.2) is 83.7 Å². The minimum Gasteiger partial charge on any atom is -0.386 e.